The van der Waals surface area contributed by atoms with Crippen LogP contribution in [0.25, 0.3) is 0 Å². The van der Waals surface area contributed by atoms with Gasteiger partial charge >= 0.3 is 0 Å². The average molecular weight is 144 g/mol. The zero-order valence-corrected chi connectivity index (χ0v) is 6.49. The van der Waals surface area contributed by atoms with Gasteiger partial charge in [0.15, 0.2) is 0 Å². The lowest BCUT2D eigenvalue weighted by molar-refractivity contribution is 0.586. The molecule has 0 bridgehead atoms. The highest BCUT2D eigenvalue weighted by atomic mass is 32.1. The highest BCUT2D eigenvalue weighted by molar-refractivity contribution is 7.80. The summed E-state index contributed by atoms with van der Waals surface area (Å²) >= 11 is 4.00. The third-order valence-corrected chi connectivity index (χ3v) is 1.43. The number of thiol groups is 1. The summed E-state index contributed by atoms with van der Waals surface area (Å²) in [6.45, 7) is 3.52. The van der Waals surface area contributed by atoms with E-state index in [2.05, 4.69) is 19.2 Å². The standard InChI is InChI=1S/C6H12N2S/c1-3-4-6(7)8(2)5-9/h3,7,9H,1,4-5H2,2H3. The maximum absolute atomic E-state index is 7.30. The van der Waals surface area contributed by atoms with Gasteiger partial charge in [-0.3, -0.25) is 5.41 Å². The van der Waals surface area contributed by atoms with Gasteiger partial charge in [-0.15, -0.1) is 6.58 Å². The van der Waals surface area contributed by atoms with E-state index in [0.29, 0.717) is 18.1 Å². The maximum Gasteiger partial charge on any atom is 0.1000 e. The van der Waals surface area contributed by atoms with Crippen molar-refractivity contribution in [2.24, 2.45) is 0 Å². The fourth-order valence-electron chi connectivity index (χ4n) is 0.378. The van der Waals surface area contributed by atoms with E-state index in [1.807, 2.05) is 7.05 Å². The van der Waals surface area contributed by atoms with Gasteiger partial charge in [-0.05, 0) is 0 Å². The van der Waals surface area contributed by atoms with Gasteiger partial charge in [-0.1, -0.05) is 6.08 Å². The molecule has 9 heavy (non-hydrogen) atoms. The Morgan fingerprint density at radius 3 is 2.78 bits per heavy atom. The SMILES string of the molecule is C=CCC(=N)N(C)CS. The number of rotatable bonds is 3. The number of nitrogens with zero attached hydrogens (tertiary/aromatic N) is 1. The zero-order valence-electron chi connectivity index (χ0n) is 5.59. The van der Waals surface area contributed by atoms with Crippen LogP contribution in [0, 0.1) is 5.41 Å². The third-order valence-electron chi connectivity index (χ3n) is 1.01. The molecule has 0 saturated heterocycles. The fraction of sp³-hybridized carbons (Fsp3) is 0.500. The molecule has 0 atom stereocenters. The first kappa shape index (κ1) is 8.56. The predicted octanol–water partition coefficient (Wildman–Crippen LogP) is 1.36. The highest BCUT2D eigenvalue weighted by Crippen LogP contribution is 1.92. The summed E-state index contributed by atoms with van der Waals surface area (Å²) in [5, 5.41) is 7.30. The summed E-state index contributed by atoms with van der Waals surface area (Å²) in [7, 11) is 1.83. The lowest BCUT2D eigenvalue weighted by Gasteiger charge is -2.14. The third kappa shape index (κ3) is 3.19. The number of amidine groups is 1. The van der Waals surface area contributed by atoms with Gasteiger partial charge in [-0.2, -0.15) is 12.6 Å². The van der Waals surface area contributed by atoms with E-state index < -0.39 is 0 Å². The molecule has 3 heteroatoms. The fourth-order valence-corrected chi connectivity index (χ4v) is 0.549. The van der Waals surface area contributed by atoms with Crippen LogP contribution in [0.5, 0.6) is 0 Å². The zero-order chi connectivity index (χ0) is 7.28. The van der Waals surface area contributed by atoms with Gasteiger partial charge in [0.05, 0.1) is 11.7 Å². The van der Waals surface area contributed by atoms with Gasteiger partial charge in [0.2, 0.25) is 0 Å². The van der Waals surface area contributed by atoms with Crippen LogP contribution >= 0.6 is 12.6 Å². The number of hydrogen-bond donors (Lipinski definition) is 2. The van der Waals surface area contributed by atoms with Gasteiger partial charge in [-0.25, -0.2) is 0 Å². The van der Waals surface area contributed by atoms with Crippen molar-refractivity contribution in [2.75, 3.05) is 12.9 Å². The van der Waals surface area contributed by atoms with Crippen LogP contribution in [0.3, 0.4) is 0 Å². The van der Waals surface area contributed by atoms with Gasteiger partial charge in [0, 0.05) is 13.5 Å². The van der Waals surface area contributed by atoms with E-state index in [-0.39, 0.29) is 0 Å². The maximum atomic E-state index is 7.30. The van der Waals surface area contributed by atoms with E-state index in [4.69, 9.17) is 5.41 Å². The van der Waals surface area contributed by atoms with Crippen LogP contribution in [0.2, 0.25) is 0 Å². The van der Waals surface area contributed by atoms with Crippen molar-refractivity contribution < 1.29 is 0 Å². The molecule has 0 amide bonds. The Labute approximate surface area is 61.5 Å². The molecule has 52 valence electrons. The molecule has 0 rings (SSSR count). The summed E-state index contributed by atoms with van der Waals surface area (Å²) in [5.41, 5.74) is 0. The van der Waals surface area contributed by atoms with Crippen molar-refractivity contribution in [3.8, 4) is 0 Å². The second-order valence-electron chi connectivity index (χ2n) is 1.78. The van der Waals surface area contributed by atoms with E-state index in [1.165, 1.54) is 0 Å². The van der Waals surface area contributed by atoms with Gasteiger partial charge < -0.3 is 4.90 Å². The monoisotopic (exact) mass is 144 g/mol. The smallest absolute Gasteiger partial charge is 0.1000 e. The first-order chi connectivity index (χ1) is 4.22. The van der Waals surface area contributed by atoms with Crippen molar-refractivity contribution in [3.63, 3.8) is 0 Å². The van der Waals surface area contributed by atoms with Crippen molar-refractivity contribution in [2.45, 2.75) is 6.42 Å². The molecule has 0 unspecified atom stereocenters. The van der Waals surface area contributed by atoms with E-state index in [1.54, 1.807) is 11.0 Å². The van der Waals surface area contributed by atoms with Crippen LogP contribution in [-0.2, 0) is 0 Å². The van der Waals surface area contributed by atoms with Gasteiger partial charge in [0.25, 0.3) is 0 Å². The van der Waals surface area contributed by atoms with Crippen LogP contribution in [0.15, 0.2) is 12.7 Å². The molecule has 0 aliphatic heterocycles. The van der Waals surface area contributed by atoms with Crippen LogP contribution in [0.4, 0.5) is 0 Å². The average Bonchev–Trinajstić information content (AvgIpc) is 1.87. The lowest BCUT2D eigenvalue weighted by Crippen LogP contribution is -2.23. The molecule has 0 radical (unpaired) electrons. The normalized spacial score (nSPS) is 8.67. The van der Waals surface area contributed by atoms with E-state index >= 15 is 0 Å². The second kappa shape index (κ2) is 4.44. The largest absolute Gasteiger partial charge is 0.354 e. The van der Waals surface area contributed by atoms with Crippen molar-refractivity contribution in [1.29, 1.82) is 5.41 Å². The lowest BCUT2D eigenvalue weighted by atomic mass is 10.4. The first-order valence-electron chi connectivity index (χ1n) is 2.72. The molecule has 0 heterocycles. The quantitative estimate of drug-likeness (QED) is 0.202. The minimum absolute atomic E-state index is 0.556. The Morgan fingerprint density at radius 2 is 2.44 bits per heavy atom. The minimum atomic E-state index is 0.556. The van der Waals surface area contributed by atoms with Crippen molar-refractivity contribution in [3.05, 3.63) is 12.7 Å². The van der Waals surface area contributed by atoms with Crippen LogP contribution in [-0.4, -0.2) is 23.7 Å². The topological polar surface area (TPSA) is 27.1 Å². The molecule has 0 aromatic carbocycles. The van der Waals surface area contributed by atoms with Crippen molar-refractivity contribution >= 4 is 18.5 Å². The summed E-state index contributed by atoms with van der Waals surface area (Å²) in [6.07, 6.45) is 2.33. The summed E-state index contributed by atoms with van der Waals surface area (Å²) in [5.74, 6) is 1.15. The molecule has 1 N–H and O–H groups in total. The first-order valence-corrected chi connectivity index (χ1v) is 3.36. The second-order valence-corrected chi connectivity index (χ2v) is 2.06. The Balaban J connectivity index is 3.58. The summed E-state index contributed by atoms with van der Waals surface area (Å²) < 4.78 is 0. The van der Waals surface area contributed by atoms with E-state index in [0.717, 1.165) is 0 Å². The molecule has 0 aliphatic rings. The Bertz CT molecular complexity index is 112. The number of hydrogen-bond acceptors (Lipinski definition) is 2. The molecule has 0 aliphatic carbocycles. The molecule has 0 saturated carbocycles. The minimum Gasteiger partial charge on any atom is -0.354 e. The highest BCUT2D eigenvalue weighted by Gasteiger charge is 1.96. The predicted molar refractivity (Wildman–Crippen MR) is 44.2 cm³/mol. The molecule has 2 nitrogen and oxygen atoms in total. The van der Waals surface area contributed by atoms with Crippen LogP contribution < -0.4 is 0 Å². The Hall–Kier alpha value is -0.440. The molecule has 0 aromatic heterocycles. The molecule has 0 aromatic rings. The molecule has 0 spiro atoms. The Morgan fingerprint density at radius 1 is 1.89 bits per heavy atom. The van der Waals surface area contributed by atoms with E-state index in [9.17, 15) is 0 Å². The summed E-state index contributed by atoms with van der Waals surface area (Å²) in [4.78, 5) is 1.75. The number of nitrogens with one attached hydrogen (secondary N) is 1. The van der Waals surface area contributed by atoms with Crippen LogP contribution in [0.1, 0.15) is 6.42 Å². The van der Waals surface area contributed by atoms with Gasteiger partial charge in [0.1, 0.15) is 0 Å². The van der Waals surface area contributed by atoms with Crippen molar-refractivity contribution in [1.82, 2.24) is 4.90 Å². The summed E-state index contributed by atoms with van der Waals surface area (Å²) in [6, 6.07) is 0. The molecular formula is C6H12N2S. The Kier molecular flexibility index (Phi) is 4.22. The molecule has 0 fully saturated rings. The molecular weight excluding hydrogens is 132 g/mol.